The summed E-state index contributed by atoms with van der Waals surface area (Å²) in [5.41, 5.74) is 0.372. The second-order valence-electron chi connectivity index (χ2n) is 6.05. The number of piperazine rings is 1. The van der Waals surface area contributed by atoms with Crippen LogP contribution in [0.5, 0.6) is 0 Å². The van der Waals surface area contributed by atoms with Gasteiger partial charge in [-0.25, -0.2) is 4.98 Å². The van der Waals surface area contributed by atoms with Crippen LogP contribution in [0.25, 0.3) is 0 Å². The zero-order valence-corrected chi connectivity index (χ0v) is 12.0. The van der Waals surface area contributed by atoms with Crippen molar-refractivity contribution >= 4 is 0 Å². The molecule has 0 amide bonds. The van der Waals surface area contributed by atoms with Gasteiger partial charge in [-0.3, -0.25) is 4.90 Å². The molecule has 2 fully saturated rings. The van der Waals surface area contributed by atoms with Crippen molar-refractivity contribution in [2.75, 3.05) is 19.6 Å². The highest BCUT2D eigenvalue weighted by Gasteiger charge is 2.36. The number of aryl methyl sites for hydroxylation is 1. The standard InChI is InChI=1S/C15H25N3O/c1-2-13-10-16-14(19-13)11-18-9-8-17-15(12-18)6-4-3-5-7-15/h10,17H,2-9,11-12H2,1H3. The lowest BCUT2D eigenvalue weighted by Gasteiger charge is -2.45. The third-order valence-corrected chi connectivity index (χ3v) is 4.57. The molecule has 19 heavy (non-hydrogen) atoms. The van der Waals surface area contributed by atoms with Crippen LogP contribution in [0.3, 0.4) is 0 Å². The van der Waals surface area contributed by atoms with Crippen LogP contribution in [-0.2, 0) is 13.0 Å². The first-order valence-electron chi connectivity index (χ1n) is 7.71. The number of nitrogens with zero attached hydrogens (tertiary/aromatic N) is 2. The molecule has 0 radical (unpaired) electrons. The Balaban J connectivity index is 1.61. The first-order chi connectivity index (χ1) is 9.30. The van der Waals surface area contributed by atoms with E-state index < -0.39 is 0 Å². The van der Waals surface area contributed by atoms with E-state index in [-0.39, 0.29) is 0 Å². The molecule has 1 saturated carbocycles. The molecule has 1 aliphatic heterocycles. The van der Waals surface area contributed by atoms with E-state index in [2.05, 4.69) is 22.1 Å². The zero-order valence-electron chi connectivity index (χ0n) is 12.0. The van der Waals surface area contributed by atoms with Crippen molar-refractivity contribution in [3.63, 3.8) is 0 Å². The predicted octanol–water partition coefficient (Wildman–Crippen LogP) is 2.35. The van der Waals surface area contributed by atoms with Crippen molar-refractivity contribution in [3.8, 4) is 0 Å². The molecule has 1 aliphatic carbocycles. The minimum absolute atomic E-state index is 0.372. The zero-order chi connectivity index (χ0) is 13.1. The van der Waals surface area contributed by atoms with Gasteiger partial charge in [0.15, 0.2) is 0 Å². The highest BCUT2D eigenvalue weighted by atomic mass is 16.4. The fourth-order valence-electron chi connectivity index (χ4n) is 3.52. The van der Waals surface area contributed by atoms with Crippen molar-refractivity contribution < 1.29 is 4.42 Å². The molecule has 1 aromatic heterocycles. The van der Waals surface area contributed by atoms with Crippen molar-refractivity contribution in [2.24, 2.45) is 0 Å². The lowest BCUT2D eigenvalue weighted by atomic mass is 9.80. The van der Waals surface area contributed by atoms with Crippen LogP contribution >= 0.6 is 0 Å². The Bertz CT molecular complexity index is 404. The molecular weight excluding hydrogens is 238 g/mol. The molecule has 2 heterocycles. The molecule has 1 aromatic rings. The normalized spacial score (nSPS) is 23.8. The van der Waals surface area contributed by atoms with E-state index in [0.29, 0.717) is 5.54 Å². The Morgan fingerprint density at radius 1 is 1.37 bits per heavy atom. The van der Waals surface area contributed by atoms with E-state index in [4.69, 9.17) is 4.42 Å². The van der Waals surface area contributed by atoms with Crippen molar-refractivity contribution in [1.29, 1.82) is 0 Å². The molecule has 1 N–H and O–H groups in total. The second kappa shape index (κ2) is 5.63. The monoisotopic (exact) mass is 263 g/mol. The maximum Gasteiger partial charge on any atom is 0.208 e. The Morgan fingerprint density at radius 3 is 2.95 bits per heavy atom. The quantitative estimate of drug-likeness (QED) is 0.909. The summed E-state index contributed by atoms with van der Waals surface area (Å²) >= 11 is 0. The van der Waals surface area contributed by atoms with Gasteiger partial charge in [-0.1, -0.05) is 26.2 Å². The fraction of sp³-hybridized carbons (Fsp3) is 0.800. The topological polar surface area (TPSA) is 41.3 Å². The number of nitrogens with one attached hydrogen (secondary N) is 1. The largest absolute Gasteiger partial charge is 0.444 e. The van der Waals surface area contributed by atoms with Gasteiger partial charge in [0.05, 0.1) is 12.7 Å². The maximum absolute atomic E-state index is 5.74. The molecule has 2 aliphatic rings. The Labute approximate surface area is 115 Å². The van der Waals surface area contributed by atoms with Crippen LogP contribution in [0.4, 0.5) is 0 Å². The van der Waals surface area contributed by atoms with Gasteiger partial charge < -0.3 is 9.73 Å². The van der Waals surface area contributed by atoms with Crippen molar-refractivity contribution in [3.05, 3.63) is 17.8 Å². The second-order valence-corrected chi connectivity index (χ2v) is 6.05. The number of oxazole rings is 1. The van der Waals surface area contributed by atoms with Crippen molar-refractivity contribution in [1.82, 2.24) is 15.2 Å². The Morgan fingerprint density at radius 2 is 2.21 bits per heavy atom. The summed E-state index contributed by atoms with van der Waals surface area (Å²) < 4.78 is 5.74. The Kier molecular flexibility index (Phi) is 3.89. The third-order valence-electron chi connectivity index (χ3n) is 4.57. The molecule has 1 saturated heterocycles. The fourth-order valence-corrected chi connectivity index (χ4v) is 3.52. The SMILES string of the molecule is CCc1cnc(CN2CCNC3(CCCCC3)C2)o1. The van der Waals surface area contributed by atoms with Gasteiger partial charge in [0.25, 0.3) is 0 Å². The Hall–Kier alpha value is -0.870. The summed E-state index contributed by atoms with van der Waals surface area (Å²) in [6.45, 7) is 6.32. The maximum atomic E-state index is 5.74. The first kappa shape index (κ1) is 13.1. The molecule has 0 atom stereocenters. The van der Waals surface area contributed by atoms with Crippen molar-refractivity contribution in [2.45, 2.75) is 57.5 Å². The van der Waals surface area contributed by atoms with Gasteiger partial charge >= 0.3 is 0 Å². The minimum atomic E-state index is 0.372. The minimum Gasteiger partial charge on any atom is -0.444 e. The van der Waals surface area contributed by atoms with E-state index in [9.17, 15) is 0 Å². The summed E-state index contributed by atoms with van der Waals surface area (Å²) in [6, 6.07) is 0. The molecule has 4 heteroatoms. The average molecular weight is 263 g/mol. The van der Waals surface area contributed by atoms with Gasteiger partial charge in [0.1, 0.15) is 5.76 Å². The summed E-state index contributed by atoms with van der Waals surface area (Å²) in [4.78, 5) is 6.89. The number of hydrogen-bond acceptors (Lipinski definition) is 4. The van der Waals surface area contributed by atoms with Gasteiger partial charge in [0, 0.05) is 31.6 Å². The molecule has 106 valence electrons. The van der Waals surface area contributed by atoms with Crippen LogP contribution in [0, 0.1) is 0 Å². The van der Waals surface area contributed by atoms with Crippen LogP contribution in [0.2, 0.25) is 0 Å². The van der Waals surface area contributed by atoms with Gasteiger partial charge in [0.2, 0.25) is 5.89 Å². The van der Waals surface area contributed by atoms with E-state index in [1.165, 1.54) is 32.1 Å². The predicted molar refractivity (Wildman–Crippen MR) is 75.0 cm³/mol. The van der Waals surface area contributed by atoms with Crippen LogP contribution < -0.4 is 5.32 Å². The third kappa shape index (κ3) is 3.00. The molecule has 1 spiro atoms. The molecule has 0 aromatic carbocycles. The number of hydrogen-bond donors (Lipinski definition) is 1. The van der Waals surface area contributed by atoms with E-state index in [1.54, 1.807) is 0 Å². The first-order valence-corrected chi connectivity index (χ1v) is 7.71. The van der Waals surface area contributed by atoms with E-state index in [0.717, 1.165) is 44.3 Å². The van der Waals surface area contributed by atoms with Crippen LogP contribution in [0.1, 0.15) is 50.7 Å². The van der Waals surface area contributed by atoms with E-state index in [1.807, 2.05) is 6.20 Å². The molecule has 3 rings (SSSR count). The summed E-state index contributed by atoms with van der Waals surface area (Å²) in [5.74, 6) is 1.88. The number of rotatable bonds is 3. The summed E-state index contributed by atoms with van der Waals surface area (Å²) in [7, 11) is 0. The summed E-state index contributed by atoms with van der Waals surface area (Å²) in [5, 5.41) is 3.77. The number of aromatic nitrogens is 1. The molecule has 4 nitrogen and oxygen atoms in total. The highest BCUT2D eigenvalue weighted by Crippen LogP contribution is 2.30. The van der Waals surface area contributed by atoms with Crippen LogP contribution in [0.15, 0.2) is 10.6 Å². The summed E-state index contributed by atoms with van der Waals surface area (Å²) in [6.07, 6.45) is 9.61. The van der Waals surface area contributed by atoms with Gasteiger partial charge in [-0.2, -0.15) is 0 Å². The molecule has 0 bridgehead atoms. The smallest absolute Gasteiger partial charge is 0.208 e. The lowest BCUT2D eigenvalue weighted by Crippen LogP contribution is -2.60. The molecular formula is C15H25N3O. The van der Waals surface area contributed by atoms with Gasteiger partial charge in [-0.15, -0.1) is 0 Å². The van der Waals surface area contributed by atoms with Crippen LogP contribution in [-0.4, -0.2) is 35.1 Å². The van der Waals surface area contributed by atoms with Gasteiger partial charge in [-0.05, 0) is 12.8 Å². The lowest BCUT2D eigenvalue weighted by molar-refractivity contribution is 0.0879. The average Bonchev–Trinajstić information content (AvgIpc) is 2.87. The van der Waals surface area contributed by atoms with E-state index >= 15 is 0 Å². The highest BCUT2D eigenvalue weighted by molar-refractivity contribution is 4.99. The molecule has 0 unspecified atom stereocenters.